The van der Waals surface area contributed by atoms with Crippen molar-refractivity contribution in [3.8, 4) is 10.9 Å². The molecule has 0 saturated carbocycles. The summed E-state index contributed by atoms with van der Waals surface area (Å²) in [5, 5.41) is 8.01. The van der Waals surface area contributed by atoms with Gasteiger partial charge in [0, 0.05) is 30.8 Å². The monoisotopic (exact) mass is 539 g/mol. The summed E-state index contributed by atoms with van der Waals surface area (Å²) in [5.41, 5.74) is 1.84. The van der Waals surface area contributed by atoms with Crippen LogP contribution in [-0.4, -0.2) is 53.6 Å². The Kier molecular flexibility index (Phi) is 6.78. The number of rotatable bonds is 6. The van der Waals surface area contributed by atoms with E-state index >= 15 is 0 Å². The summed E-state index contributed by atoms with van der Waals surface area (Å²) >= 11 is 1.45. The van der Waals surface area contributed by atoms with Crippen molar-refractivity contribution in [2.75, 3.05) is 25.5 Å². The van der Waals surface area contributed by atoms with Crippen molar-refractivity contribution in [1.82, 2.24) is 19.1 Å². The van der Waals surface area contributed by atoms with Crippen LogP contribution in [0.4, 0.5) is 5.82 Å². The van der Waals surface area contributed by atoms with Crippen LogP contribution in [-0.2, 0) is 10.0 Å². The van der Waals surface area contributed by atoms with Gasteiger partial charge in [0.1, 0.15) is 11.6 Å². The van der Waals surface area contributed by atoms with E-state index in [2.05, 4.69) is 29.2 Å². The fourth-order valence-electron chi connectivity index (χ4n) is 4.76. The van der Waals surface area contributed by atoms with Gasteiger partial charge in [-0.3, -0.25) is 4.79 Å². The second-order valence-corrected chi connectivity index (χ2v) is 12.6. The van der Waals surface area contributed by atoms with Gasteiger partial charge in [0.05, 0.1) is 27.9 Å². The average Bonchev–Trinajstić information content (AvgIpc) is 3.45. The van der Waals surface area contributed by atoms with Gasteiger partial charge in [-0.15, -0.1) is 0 Å². The van der Waals surface area contributed by atoms with E-state index in [1.165, 1.54) is 35.6 Å². The van der Waals surface area contributed by atoms with Crippen molar-refractivity contribution in [3.63, 3.8) is 0 Å². The first-order valence-corrected chi connectivity index (χ1v) is 14.3. The minimum absolute atomic E-state index is 0.191. The van der Waals surface area contributed by atoms with Gasteiger partial charge in [-0.2, -0.15) is 14.1 Å². The molecule has 0 aliphatic carbocycles. The number of carbonyl (C=O) groups excluding carboxylic acids is 1. The Morgan fingerprint density at radius 1 is 1.08 bits per heavy atom. The van der Waals surface area contributed by atoms with Crippen LogP contribution in [0.5, 0.6) is 5.75 Å². The van der Waals surface area contributed by atoms with E-state index in [-0.39, 0.29) is 10.8 Å². The predicted octanol–water partition coefficient (Wildman–Crippen LogP) is 4.72. The zero-order valence-corrected chi connectivity index (χ0v) is 22.8. The molecule has 4 aromatic rings. The maximum Gasteiger partial charge on any atom is 0.256 e. The summed E-state index contributed by atoms with van der Waals surface area (Å²) in [7, 11) is -2.01. The van der Waals surface area contributed by atoms with Crippen molar-refractivity contribution in [3.05, 3.63) is 59.8 Å². The highest BCUT2D eigenvalue weighted by Crippen LogP contribution is 2.30. The standard InChI is InChI=1S/C26H29N5O4S2/c1-16-11-17(2)15-30(14-16)37(33,34)21-8-5-19(6-9-21)25(32)28-24-12-18(3)29-31(24)26-27-22-13-20(35-4)7-10-23(22)36-26/h5-10,12-13,16-17H,11,14-15H2,1-4H3,(H,28,32). The van der Waals surface area contributed by atoms with Crippen LogP contribution in [0.3, 0.4) is 0 Å². The van der Waals surface area contributed by atoms with Gasteiger partial charge in [-0.05, 0) is 61.6 Å². The molecule has 3 heterocycles. The summed E-state index contributed by atoms with van der Waals surface area (Å²) < 4.78 is 35.7. The number of hydrogen-bond donors (Lipinski definition) is 1. The Morgan fingerprint density at radius 2 is 1.78 bits per heavy atom. The lowest BCUT2D eigenvalue weighted by molar-refractivity contribution is 0.102. The number of hydrogen-bond acceptors (Lipinski definition) is 7. The minimum Gasteiger partial charge on any atom is -0.497 e. The van der Waals surface area contributed by atoms with Crippen LogP contribution < -0.4 is 10.1 Å². The first kappa shape index (κ1) is 25.4. The lowest BCUT2D eigenvalue weighted by Gasteiger charge is -2.34. The van der Waals surface area contributed by atoms with Crippen LogP contribution in [0.2, 0.25) is 0 Å². The van der Waals surface area contributed by atoms with E-state index in [1.54, 1.807) is 22.2 Å². The SMILES string of the molecule is COc1ccc2sc(-n3nc(C)cc3NC(=O)c3ccc(S(=O)(=O)N4CC(C)CC(C)C4)cc3)nc2c1. The zero-order chi connectivity index (χ0) is 26.3. The first-order chi connectivity index (χ1) is 17.6. The number of nitrogens with one attached hydrogen (secondary N) is 1. The lowest BCUT2D eigenvalue weighted by Crippen LogP contribution is -2.42. The van der Waals surface area contributed by atoms with E-state index < -0.39 is 10.0 Å². The maximum absolute atomic E-state index is 13.2. The first-order valence-electron chi connectivity index (χ1n) is 12.1. The van der Waals surface area contributed by atoms with Crippen molar-refractivity contribution in [2.45, 2.75) is 32.1 Å². The third-order valence-corrected chi connectivity index (χ3v) is 9.29. The smallest absolute Gasteiger partial charge is 0.256 e. The molecule has 0 bridgehead atoms. The third-order valence-electron chi connectivity index (χ3n) is 6.43. The molecule has 2 atom stereocenters. The zero-order valence-electron chi connectivity index (χ0n) is 21.1. The van der Waals surface area contributed by atoms with Gasteiger partial charge < -0.3 is 10.1 Å². The second kappa shape index (κ2) is 9.88. The molecule has 2 unspecified atom stereocenters. The highest BCUT2D eigenvalue weighted by molar-refractivity contribution is 7.89. The number of piperidine rings is 1. The Bertz CT molecular complexity index is 1550. The van der Waals surface area contributed by atoms with Crippen molar-refractivity contribution < 1.29 is 17.9 Å². The minimum atomic E-state index is -3.61. The van der Waals surface area contributed by atoms with Gasteiger partial charge in [0.25, 0.3) is 5.91 Å². The normalized spacial score (nSPS) is 18.7. The number of aryl methyl sites for hydroxylation is 1. The number of amides is 1. The second-order valence-electron chi connectivity index (χ2n) is 9.66. The Morgan fingerprint density at radius 3 is 2.46 bits per heavy atom. The third kappa shape index (κ3) is 5.11. The van der Waals surface area contributed by atoms with Crippen LogP contribution >= 0.6 is 11.3 Å². The molecule has 5 rings (SSSR count). The molecule has 0 spiro atoms. The number of benzene rings is 2. The molecule has 0 radical (unpaired) electrons. The van der Waals surface area contributed by atoms with E-state index in [0.717, 1.165) is 22.3 Å². The molecule has 1 N–H and O–H groups in total. The molecular formula is C26H29N5O4S2. The molecule has 2 aromatic heterocycles. The largest absolute Gasteiger partial charge is 0.497 e. The van der Waals surface area contributed by atoms with E-state index in [4.69, 9.17) is 4.74 Å². The summed E-state index contributed by atoms with van der Waals surface area (Å²) in [6, 6.07) is 13.5. The summed E-state index contributed by atoms with van der Waals surface area (Å²) in [5.74, 6) is 1.45. The van der Waals surface area contributed by atoms with Crippen molar-refractivity contribution in [2.24, 2.45) is 11.8 Å². The highest BCUT2D eigenvalue weighted by atomic mass is 32.2. The topological polar surface area (TPSA) is 106 Å². The molecule has 1 fully saturated rings. The van der Waals surface area contributed by atoms with Crippen molar-refractivity contribution >= 4 is 43.3 Å². The van der Waals surface area contributed by atoms with E-state index in [1.807, 2.05) is 25.1 Å². The van der Waals surface area contributed by atoms with Crippen molar-refractivity contribution in [1.29, 1.82) is 0 Å². The number of anilines is 1. The number of ether oxygens (including phenoxy) is 1. The molecule has 194 valence electrons. The Labute approximate surface area is 220 Å². The van der Waals surface area contributed by atoms with Gasteiger partial charge >= 0.3 is 0 Å². The summed E-state index contributed by atoms with van der Waals surface area (Å²) in [4.78, 5) is 17.9. The molecule has 37 heavy (non-hydrogen) atoms. The van der Waals surface area contributed by atoms with Crippen LogP contribution in [0.15, 0.2) is 53.4 Å². The average molecular weight is 540 g/mol. The molecular weight excluding hydrogens is 510 g/mol. The van der Waals surface area contributed by atoms with Gasteiger partial charge in [-0.25, -0.2) is 13.4 Å². The molecule has 1 amide bonds. The van der Waals surface area contributed by atoms with E-state index in [9.17, 15) is 13.2 Å². The molecule has 1 aliphatic rings. The predicted molar refractivity (Wildman–Crippen MR) is 144 cm³/mol. The molecule has 2 aromatic carbocycles. The highest BCUT2D eigenvalue weighted by Gasteiger charge is 2.31. The fourth-order valence-corrected chi connectivity index (χ4v) is 7.36. The number of aromatic nitrogens is 3. The number of sulfonamides is 1. The fraction of sp³-hybridized carbons (Fsp3) is 0.346. The van der Waals surface area contributed by atoms with E-state index in [0.29, 0.717) is 47.2 Å². The number of thiazole rings is 1. The summed E-state index contributed by atoms with van der Waals surface area (Å²) in [6.07, 6.45) is 1.02. The maximum atomic E-state index is 13.2. The Balaban J connectivity index is 1.36. The number of fused-ring (bicyclic) bond motifs is 1. The molecule has 1 aliphatic heterocycles. The molecule has 11 heteroatoms. The van der Waals surface area contributed by atoms with Crippen LogP contribution in [0, 0.1) is 18.8 Å². The number of nitrogens with zero attached hydrogens (tertiary/aromatic N) is 4. The van der Waals surface area contributed by atoms with Gasteiger partial charge in [0.15, 0.2) is 0 Å². The molecule has 9 nitrogen and oxygen atoms in total. The summed E-state index contributed by atoms with van der Waals surface area (Å²) in [6.45, 7) is 7.00. The quantitative estimate of drug-likeness (QED) is 0.380. The lowest BCUT2D eigenvalue weighted by atomic mass is 9.94. The van der Waals surface area contributed by atoms with Gasteiger partial charge in [-0.1, -0.05) is 25.2 Å². The Hall–Kier alpha value is -3.28. The van der Waals surface area contributed by atoms with Crippen LogP contribution in [0.25, 0.3) is 15.3 Å². The van der Waals surface area contributed by atoms with Crippen LogP contribution in [0.1, 0.15) is 36.3 Å². The number of methoxy groups -OCH3 is 1. The molecule has 1 saturated heterocycles. The van der Waals surface area contributed by atoms with Gasteiger partial charge in [0.2, 0.25) is 15.2 Å². The number of carbonyl (C=O) groups is 1.